The predicted octanol–water partition coefficient (Wildman–Crippen LogP) is 2.41. The standard InChI is InChI=1S/C12H17NO2/c1-4-13(5-2)15-12(14)11-9-7-6-8-10(11)3/h6-9H,4-5H2,1-3H3. The van der Waals surface area contributed by atoms with Gasteiger partial charge in [0.15, 0.2) is 0 Å². The third kappa shape index (κ3) is 3.06. The first kappa shape index (κ1) is 11.7. The van der Waals surface area contributed by atoms with Crippen molar-refractivity contribution in [2.75, 3.05) is 13.1 Å². The monoisotopic (exact) mass is 207 g/mol. The summed E-state index contributed by atoms with van der Waals surface area (Å²) in [5.74, 6) is -0.281. The van der Waals surface area contributed by atoms with E-state index in [1.54, 1.807) is 11.1 Å². The molecule has 0 saturated carbocycles. The molecular formula is C12H17NO2. The van der Waals surface area contributed by atoms with Crippen molar-refractivity contribution in [2.45, 2.75) is 20.8 Å². The Labute approximate surface area is 90.6 Å². The maximum absolute atomic E-state index is 11.7. The number of carbonyl (C=O) groups excluding carboxylic acids is 1. The van der Waals surface area contributed by atoms with E-state index in [0.29, 0.717) is 18.7 Å². The maximum atomic E-state index is 11.7. The van der Waals surface area contributed by atoms with Gasteiger partial charge in [-0.05, 0) is 32.4 Å². The average molecular weight is 207 g/mol. The van der Waals surface area contributed by atoms with Gasteiger partial charge in [-0.3, -0.25) is 0 Å². The first-order valence-corrected chi connectivity index (χ1v) is 5.21. The number of aryl methyl sites for hydroxylation is 1. The fraction of sp³-hybridized carbons (Fsp3) is 0.417. The lowest BCUT2D eigenvalue weighted by molar-refractivity contribution is -0.103. The minimum atomic E-state index is -0.281. The lowest BCUT2D eigenvalue weighted by Gasteiger charge is -2.17. The second kappa shape index (κ2) is 5.51. The third-order valence-corrected chi connectivity index (χ3v) is 2.28. The van der Waals surface area contributed by atoms with Crippen LogP contribution in [-0.4, -0.2) is 24.1 Å². The Hall–Kier alpha value is -1.35. The zero-order valence-electron chi connectivity index (χ0n) is 9.49. The fourth-order valence-corrected chi connectivity index (χ4v) is 1.32. The predicted molar refractivity (Wildman–Crippen MR) is 59.5 cm³/mol. The Morgan fingerprint density at radius 3 is 2.40 bits per heavy atom. The highest BCUT2D eigenvalue weighted by atomic mass is 16.7. The van der Waals surface area contributed by atoms with Crippen LogP contribution in [-0.2, 0) is 4.84 Å². The number of hydroxylamine groups is 2. The molecule has 0 aliphatic carbocycles. The molecule has 15 heavy (non-hydrogen) atoms. The van der Waals surface area contributed by atoms with E-state index in [0.717, 1.165) is 5.56 Å². The van der Waals surface area contributed by atoms with Gasteiger partial charge in [0.1, 0.15) is 0 Å². The molecule has 3 nitrogen and oxygen atoms in total. The van der Waals surface area contributed by atoms with E-state index in [-0.39, 0.29) is 5.97 Å². The quantitative estimate of drug-likeness (QED) is 0.710. The Kier molecular flexibility index (Phi) is 4.31. The Morgan fingerprint density at radius 1 is 1.27 bits per heavy atom. The minimum Gasteiger partial charge on any atom is -0.364 e. The molecule has 0 N–H and O–H groups in total. The SMILES string of the molecule is CCN(CC)OC(=O)c1ccccc1C. The van der Waals surface area contributed by atoms with Gasteiger partial charge < -0.3 is 4.84 Å². The lowest BCUT2D eigenvalue weighted by Crippen LogP contribution is -2.27. The van der Waals surface area contributed by atoms with Gasteiger partial charge >= 0.3 is 5.97 Å². The average Bonchev–Trinajstić information content (AvgIpc) is 2.26. The summed E-state index contributed by atoms with van der Waals surface area (Å²) < 4.78 is 0. The van der Waals surface area contributed by atoms with Crippen LogP contribution in [0.25, 0.3) is 0 Å². The Balaban J connectivity index is 2.73. The van der Waals surface area contributed by atoms with Gasteiger partial charge in [-0.1, -0.05) is 18.2 Å². The van der Waals surface area contributed by atoms with Crippen molar-refractivity contribution in [3.05, 3.63) is 35.4 Å². The molecule has 0 spiro atoms. The van der Waals surface area contributed by atoms with E-state index >= 15 is 0 Å². The van der Waals surface area contributed by atoms with Gasteiger partial charge in [0.05, 0.1) is 5.56 Å². The summed E-state index contributed by atoms with van der Waals surface area (Å²) in [5.41, 5.74) is 1.57. The van der Waals surface area contributed by atoms with Crippen LogP contribution in [0.3, 0.4) is 0 Å². The van der Waals surface area contributed by atoms with E-state index in [1.807, 2.05) is 39.0 Å². The first-order valence-electron chi connectivity index (χ1n) is 5.21. The smallest absolute Gasteiger partial charge is 0.357 e. The van der Waals surface area contributed by atoms with Crippen molar-refractivity contribution in [3.8, 4) is 0 Å². The van der Waals surface area contributed by atoms with Gasteiger partial charge in [-0.25, -0.2) is 4.79 Å². The van der Waals surface area contributed by atoms with Crippen LogP contribution < -0.4 is 0 Å². The topological polar surface area (TPSA) is 29.5 Å². The molecular weight excluding hydrogens is 190 g/mol. The highest BCUT2D eigenvalue weighted by Gasteiger charge is 2.12. The number of rotatable bonds is 4. The van der Waals surface area contributed by atoms with Crippen LogP contribution >= 0.6 is 0 Å². The van der Waals surface area contributed by atoms with Crippen molar-refractivity contribution in [1.82, 2.24) is 5.06 Å². The van der Waals surface area contributed by atoms with Gasteiger partial charge in [0.25, 0.3) is 0 Å². The largest absolute Gasteiger partial charge is 0.364 e. The minimum absolute atomic E-state index is 0.281. The summed E-state index contributed by atoms with van der Waals surface area (Å²) in [5, 5.41) is 1.63. The number of benzene rings is 1. The molecule has 0 fully saturated rings. The molecule has 0 heterocycles. The highest BCUT2D eigenvalue weighted by molar-refractivity contribution is 5.90. The zero-order valence-corrected chi connectivity index (χ0v) is 9.49. The molecule has 0 aliphatic heterocycles. The van der Waals surface area contributed by atoms with Crippen LogP contribution in [0.1, 0.15) is 29.8 Å². The number of carbonyl (C=O) groups is 1. The molecule has 0 radical (unpaired) electrons. The van der Waals surface area contributed by atoms with Gasteiger partial charge in [-0.15, -0.1) is 5.06 Å². The third-order valence-electron chi connectivity index (χ3n) is 2.28. The fourth-order valence-electron chi connectivity index (χ4n) is 1.32. The first-order chi connectivity index (χ1) is 7.19. The maximum Gasteiger partial charge on any atom is 0.357 e. The van der Waals surface area contributed by atoms with E-state index in [9.17, 15) is 4.79 Å². The summed E-state index contributed by atoms with van der Waals surface area (Å²) >= 11 is 0. The molecule has 1 aromatic rings. The summed E-state index contributed by atoms with van der Waals surface area (Å²) in [4.78, 5) is 16.9. The second-order valence-corrected chi connectivity index (χ2v) is 3.31. The van der Waals surface area contributed by atoms with Crippen molar-refractivity contribution >= 4 is 5.97 Å². The normalized spacial score (nSPS) is 10.4. The van der Waals surface area contributed by atoms with E-state index in [1.165, 1.54) is 0 Å². The second-order valence-electron chi connectivity index (χ2n) is 3.31. The van der Waals surface area contributed by atoms with Gasteiger partial charge in [-0.2, -0.15) is 0 Å². The molecule has 0 aliphatic rings. The summed E-state index contributed by atoms with van der Waals surface area (Å²) in [6.45, 7) is 7.21. The van der Waals surface area contributed by atoms with Crippen LogP contribution in [0, 0.1) is 6.92 Å². The molecule has 1 aromatic carbocycles. The highest BCUT2D eigenvalue weighted by Crippen LogP contribution is 2.09. The molecule has 3 heteroatoms. The molecule has 0 atom stereocenters. The van der Waals surface area contributed by atoms with E-state index in [4.69, 9.17) is 4.84 Å². The molecule has 0 bridgehead atoms. The van der Waals surface area contributed by atoms with E-state index in [2.05, 4.69) is 0 Å². The van der Waals surface area contributed by atoms with Crippen molar-refractivity contribution in [2.24, 2.45) is 0 Å². The molecule has 0 saturated heterocycles. The van der Waals surface area contributed by atoms with Gasteiger partial charge in [0.2, 0.25) is 0 Å². The van der Waals surface area contributed by atoms with Crippen LogP contribution in [0.4, 0.5) is 0 Å². The Bertz CT molecular complexity index is 332. The molecule has 1 rings (SSSR count). The Morgan fingerprint density at radius 2 is 1.87 bits per heavy atom. The number of nitrogens with zero attached hydrogens (tertiary/aromatic N) is 1. The molecule has 0 aromatic heterocycles. The van der Waals surface area contributed by atoms with Crippen LogP contribution in [0.2, 0.25) is 0 Å². The zero-order chi connectivity index (χ0) is 11.3. The lowest BCUT2D eigenvalue weighted by atomic mass is 10.1. The van der Waals surface area contributed by atoms with Crippen molar-refractivity contribution in [1.29, 1.82) is 0 Å². The van der Waals surface area contributed by atoms with Crippen LogP contribution in [0.5, 0.6) is 0 Å². The molecule has 0 amide bonds. The van der Waals surface area contributed by atoms with Gasteiger partial charge in [0, 0.05) is 13.1 Å². The summed E-state index contributed by atoms with van der Waals surface area (Å²) in [6.07, 6.45) is 0. The number of hydrogen-bond donors (Lipinski definition) is 0. The van der Waals surface area contributed by atoms with Crippen molar-refractivity contribution in [3.63, 3.8) is 0 Å². The molecule has 82 valence electrons. The molecule has 0 unspecified atom stereocenters. The van der Waals surface area contributed by atoms with Crippen LogP contribution in [0.15, 0.2) is 24.3 Å². The van der Waals surface area contributed by atoms with E-state index < -0.39 is 0 Å². The number of hydrogen-bond acceptors (Lipinski definition) is 3. The summed E-state index contributed by atoms with van der Waals surface area (Å²) in [7, 11) is 0. The summed E-state index contributed by atoms with van der Waals surface area (Å²) in [6, 6.07) is 7.43. The van der Waals surface area contributed by atoms with Crippen molar-refractivity contribution < 1.29 is 9.63 Å².